The zero-order valence-corrected chi connectivity index (χ0v) is 13.2. The zero-order valence-electron chi connectivity index (χ0n) is 11.6. The van der Waals surface area contributed by atoms with Crippen molar-refractivity contribution in [3.63, 3.8) is 0 Å². The van der Waals surface area contributed by atoms with E-state index in [9.17, 15) is 26.3 Å². The van der Waals surface area contributed by atoms with E-state index >= 15 is 0 Å². The maximum atomic E-state index is 13.3. The van der Waals surface area contributed by atoms with Gasteiger partial charge >= 0.3 is 18.0 Å². The van der Waals surface area contributed by atoms with Gasteiger partial charge in [0, 0.05) is 22.9 Å². The first-order valence-electron chi connectivity index (χ1n) is 6.54. The van der Waals surface area contributed by atoms with Crippen LogP contribution in [0.3, 0.4) is 0 Å². The quantitative estimate of drug-likeness (QED) is 0.671. The Morgan fingerprint density at radius 2 is 1.58 bits per heavy atom. The smallest absolute Gasteiger partial charge is 0.305 e. The minimum absolute atomic E-state index is 0.104. The van der Waals surface area contributed by atoms with Gasteiger partial charge in [-0.2, -0.15) is 26.3 Å². The van der Waals surface area contributed by atoms with Crippen LogP contribution in [0.25, 0.3) is 0 Å². The van der Waals surface area contributed by atoms with Gasteiger partial charge in [-0.05, 0) is 24.3 Å². The van der Waals surface area contributed by atoms with E-state index in [0.717, 1.165) is 11.8 Å². The van der Waals surface area contributed by atoms with Gasteiger partial charge in [0.2, 0.25) is 0 Å². The number of thioether (sulfide) groups is 1. The standard InChI is InChI=1S/C13H8ClF6N3S/c14-8-3-1-7(2-4-8)9-21-11(12(15,16)17,13(18,19)20)22-10-23(9)5-6-24-10/h1-4H,5-6H2. The van der Waals surface area contributed by atoms with E-state index in [2.05, 4.69) is 9.98 Å². The van der Waals surface area contributed by atoms with Crippen LogP contribution in [0.15, 0.2) is 34.3 Å². The van der Waals surface area contributed by atoms with Crippen molar-refractivity contribution in [2.75, 3.05) is 12.3 Å². The summed E-state index contributed by atoms with van der Waals surface area (Å²) in [5, 5.41) is -0.0395. The largest absolute Gasteiger partial charge is 0.443 e. The third-order valence-corrected chi connectivity index (χ3v) is 4.66. The van der Waals surface area contributed by atoms with Crippen molar-refractivity contribution in [3.05, 3.63) is 34.9 Å². The normalized spacial score (nSPS) is 20.5. The van der Waals surface area contributed by atoms with Crippen molar-refractivity contribution in [1.29, 1.82) is 0 Å². The summed E-state index contributed by atoms with van der Waals surface area (Å²) in [4.78, 5) is 7.25. The molecule has 0 saturated carbocycles. The molecule has 24 heavy (non-hydrogen) atoms. The molecule has 0 aliphatic carbocycles. The van der Waals surface area contributed by atoms with Crippen molar-refractivity contribution in [2.45, 2.75) is 18.0 Å². The van der Waals surface area contributed by atoms with Crippen molar-refractivity contribution in [3.8, 4) is 0 Å². The molecule has 0 spiro atoms. The van der Waals surface area contributed by atoms with Crippen molar-refractivity contribution in [1.82, 2.24) is 4.90 Å². The van der Waals surface area contributed by atoms with Crippen molar-refractivity contribution in [2.24, 2.45) is 9.98 Å². The summed E-state index contributed by atoms with van der Waals surface area (Å²) in [7, 11) is 0. The van der Waals surface area contributed by atoms with Crippen LogP contribution in [-0.4, -0.2) is 46.2 Å². The van der Waals surface area contributed by atoms with E-state index in [1.807, 2.05) is 0 Å². The summed E-state index contributed by atoms with van der Waals surface area (Å²) < 4.78 is 79.9. The number of halogens is 7. The molecule has 1 aromatic carbocycles. The minimum atomic E-state index is -5.72. The molecule has 0 atom stereocenters. The van der Waals surface area contributed by atoms with Gasteiger partial charge in [0.25, 0.3) is 0 Å². The highest BCUT2D eigenvalue weighted by Gasteiger charge is 2.74. The van der Waals surface area contributed by atoms with E-state index < -0.39 is 23.9 Å². The second-order valence-corrected chi connectivity index (χ2v) is 6.50. The summed E-state index contributed by atoms with van der Waals surface area (Å²) >= 11 is 6.55. The fourth-order valence-electron chi connectivity index (χ4n) is 2.30. The Labute approximate surface area is 141 Å². The third kappa shape index (κ3) is 2.65. The molecular weight excluding hydrogens is 380 g/mol. The molecule has 1 fully saturated rings. The van der Waals surface area contributed by atoms with Crippen LogP contribution in [0, 0.1) is 0 Å². The average molecular weight is 388 g/mol. The lowest BCUT2D eigenvalue weighted by atomic mass is 10.1. The Bertz CT molecular complexity index is 696. The second-order valence-electron chi connectivity index (χ2n) is 5.00. The predicted octanol–water partition coefficient (Wildman–Crippen LogP) is 4.33. The summed E-state index contributed by atoms with van der Waals surface area (Å²) in [6.45, 7) is 0.219. The summed E-state index contributed by atoms with van der Waals surface area (Å²) in [5.41, 5.74) is -4.40. The minimum Gasteiger partial charge on any atom is -0.305 e. The first kappa shape index (κ1) is 17.4. The molecule has 130 valence electrons. The number of hydrogen-bond acceptors (Lipinski definition) is 4. The molecule has 0 bridgehead atoms. The van der Waals surface area contributed by atoms with Crippen LogP contribution >= 0.6 is 23.4 Å². The number of nitrogens with zero attached hydrogens (tertiary/aromatic N) is 3. The number of fused-ring (bicyclic) bond motifs is 1. The van der Waals surface area contributed by atoms with Gasteiger partial charge in [-0.3, -0.25) is 0 Å². The number of hydrogen-bond donors (Lipinski definition) is 0. The first-order valence-corrected chi connectivity index (χ1v) is 7.91. The number of benzene rings is 1. The number of alkyl halides is 6. The van der Waals surface area contributed by atoms with E-state index in [1.165, 1.54) is 29.2 Å². The second kappa shape index (κ2) is 5.55. The molecule has 1 aromatic rings. The maximum Gasteiger partial charge on any atom is 0.443 e. The molecule has 0 amide bonds. The van der Waals surface area contributed by atoms with Gasteiger partial charge in [-0.15, -0.1) is 0 Å². The molecule has 11 heteroatoms. The molecule has 2 aliphatic rings. The molecule has 0 radical (unpaired) electrons. The van der Waals surface area contributed by atoms with Gasteiger partial charge in [0.1, 0.15) is 5.84 Å². The molecule has 0 aromatic heterocycles. The summed E-state index contributed by atoms with van der Waals surface area (Å²) in [6, 6.07) is 5.39. The molecule has 0 unspecified atom stereocenters. The van der Waals surface area contributed by atoms with E-state index in [0.29, 0.717) is 10.8 Å². The summed E-state index contributed by atoms with van der Waals surface area (Å²) in [5.74, 6) is -0.103. The number of amidine groups is 2. The lowest BCUT2D eigenvalue weighted by molar-refractivity contribution is -0.292. The molecule has 1 saturated heterocycles. The first-order chi connectivity index (χ1) is 11.1. The van der Waals surface area contributed by atoms with Crippen LogP contribution < -0.4 is 0 Å². The molecule has 3 nitrogen and oxygen atoms in total. The van der Waals surface area contributed by atoms with Gasteiger partial charge in [-0.1, -0.05) is 23.4 Å². The van der Waals surface area contributed by atoms with Crippen molar-refractivity contribution >= 4 is 34.4 Å². The third-order valence-electron chi connectivity index (χ3n) is 3.45. The number of aliphatic imine (C=N–C) groups is 2. The lowest BCUT2D eigenvalue weighted by Crippen LogP contribution is -2.58. The molecule has 3 rings (SSSR count). The monoisotopic (exact) mass is 387 g/mol. The highest BCUT2D eigenvalue weighted by Crippen LogP contribution is 2.50. The fraction of sp³-hybridized carbons (Fsp3) is 0.385. The highest BCUT2D eigenvalue weighted by molar-refractivity contribution is 8.14. The predicted molar refractivity (Wildman–Crippen MR) is 79.4 cm³/mol. The molecular formula is C13H8ClF6N3S. The Morgan fingerprint density at radius 3 is 2.12 bits per heavy atom. The fourth-order valence-corrected chi connectivity index (χ4v) is 3.41. The molecule has 2 heterocycles. The van der Waals surface area contributed by atoms with Crippen LogP contribution in [0.1, 0.15) is 5.56 Å². The Hall–Kier alpha value is -1.42. The van der Waals surface area contributed by atoms with Gasteiger partial charge in [0.05, 0.1) is 0 Å². The average Bonchev–Trinajstić information content (AvgIpc) is 2.93. The van der Waals surface area contributed by atoms with Gasteiger partial charge in [-0.25, -0.2) is 9.98 Å². The van der Waals surface area contributed by atoms with Crippen LogP contribution in [-0.2, 0) is 0 Å². The SMILES string of the molecule is FC(F)(F)C1(C(F)(F)F)N=C2SCCN2C(c2ccc(Cl)cc2)=N1. The van der Waals surface area contributed by atoms with Crippen LogP contribution in [0.5, 0.6) is 0 Å². The topological polar surface area (TPSA) is 28.0 Å². The van der Waals surface area contributed by atoms with E-state index in [1.54, 1.807) is 0 Å². The highest BCUT2D eigenvalue weighted by atomic mass is 35.5. The number of rotatable bonds is 1. The summed E-state index contributed by atoms with van der Waals surface area (Å²) in [6.07, 6.45) is -11.4. The Morgan fingerprint density at radius 1 is 1.00 bits per heavy atom. The van der Waals surface area contributed by atoms with Crippen molar-refractivity contribution < 1.29 is 26.3 Å². The Kier molecular flexibility index (Phi) is 4.03. The van der Waals surface area contributed by atoms with Crippen LogP contribution in [0.2, 0.25) is 5.02 Å². The zero-order chi connectivity index (χ0) is 17.8. The van der Waals surface area contributed by atoms with Crippen LogP contribution in [0.4, 0.5) is 26.3 Å². The lowest BCUT2D eigenvalue weighted by Gasteiger charge is -2.36. The van der Waals surface area contributed by atoms with E-state index in [4.69, 9.17) is 11.6 Å². The Balaban J connectivity index is 2.23. The van der Waals surface area contributed by atoms with Gasteiger partial charge in [0.15, 0.2) is 5.17 Å². The molecule has 0 N–H and O–H groups in total. The van der Waals surface area contributed by atoms with Gasteiger partial charge < -0.3 is 4.90 Å². The van der Waals surface area contributed by atoms with E-state index in [-0.39, 0.29) is 17.3 Å². The maximum absolute atomic E-state index is 13.3. The molecule has 2 aliphatic heterocycles.